The molecule has 1 aromatic heterocycles. The summed E-state index contributed by atoms with van der Waals surface area (Å²) in [6.07, 6.45) is 4.27. The van der Waals surface area contributed by atoms with E-state index in [0.717, 1.165) is 47.7 Å². The van der Waals surface area contributed by atoms with Crippen LogP contribution in [0.2, 0.25) is 0 Å². The van der Waals surface area contributed by atoms with Crippen molar-refractivity contribution in [1.29, 1.82) is 0 Å². The number of aromatic amines is 1. The van der Waals surface area contributed by atoms with E-state index in [9.17, 15) is 9.18 Å². The van der Waals surface area contributed by atoms with E-state index < -0.39 is 5.54 Å². The molecule has 1 N–H and O–H groups in total. The highest BCUT2D eigenvalue weighted by Crippen LogP contribution is 2.52. The van der Waals surface area contributed by atoms with Crippen LogP contribution in [0.4, 0.5) is 10.1 Å². The summed E-state index contributed by atoms with van der Waals surface area (Å²) < 4.78 is 15.6. The Kier molecular flexibility index (Phi) is 6.10. The van der Waals surface area contributed by atoms with E-state index in [4.69, 9.17) is 0 Å². The number of halogens is 2. The molecule has 0 radical (unpaired) electrons. The standard InChI is InChI=1S/C31H31BrFN3O/c1-35(2)28-21(10-7-12-26(28)33)20-14-17-31(18-15-20)29-23(22-8-4-6-13-27(22)34-29)16-19-36(31)30(37)24-9-3-5-11-25(24)32/h3-13,20,34H,14-19H2,1-2H3. The molecule has 4 nitrogen and oxygen atoms in total. The Balaban J connectivity index is 1.43. The molecule has 1 aliphatic carbocycles. The number of amides is 1. The van der Waals surface area contributed by atoms with Crippen LogP contribution in [0.15, 0.2) is 71.2 Å². The number of nitrogens with zero attached hydrogens (tertiary/aromatic N) is 2. The van der Waals surface area contributed by atoms with E-state index in [1.165, 1.54) is 16.6 Å². The molecule has 0 saturated heterocycles. The van der Waals surface area contributed by atoms with Gasteiger partial charge in [-0.15, -0.1) is 0 Å². The number of benzene rings is 3. The predicted octanol–water partition coefficient (Wildman–Crippen LogP) is 7.39. The maximum absolute atomic E-state index is 14.8. The summed E-state index contributed by atoms with van der Waals surface area (Å²) in [5.41, 5.74) is 5.68. The highest BCUT2D eigenvalue weighted by molar-refractivity contribution is 9.10. The zero-order valence-corrected chi connectivity index (χ0v) is 22.8. The zero-order valence-electron chi connectivity index (χ0n) is 21.2. The predicted molar refractivity (Wildman–Crippen MR) is 151 cm³/mol. The van der Waals surface area contributed by atoms with Crippen molar-refractivity contribution in [3.63, 3.8) is 0 Å². The van der Waals surface area contributed by atoms with Crippen molar-refractivity contribution in [3.05, 3.63) is 99.4 Å². The van der Waals surface area contributed by atoms with Gasteiger partial charge in [-0.25, -0.2) is 4.39 Å². The summed E-state index contributed by atoms with van der Waals surface area (Å²) in [6.45, 7) is 0.683. The lowest BCUT2D eigenvalue weighted by atomic mass is 9.69. The molecule has 0 bridgehead atoms. The number of para-hydroxylation sites is 2. The van der Waals surface area contributed by atoms with E-state index in [1.807, 2.05) is 49.3 Å². The van der Waals surface area contributed by atoms with Crippen LogP contribution in [-0.4, -0.2) is 36.4 Å². The molecule has 6 rings (SSSR count). The molecule has 37 heavy (non-hydrogen) atoms. The molecular weight excluding hydrogens is 529 g/mol. The fraction of sp³-hybridized carbons (Fsp3) is 0.323. The van der Waals surface area contributed by atoms with E-state index >= 15 is 0 Å². The molecule has 1 fully saturated rings. The van der Waals surface area contributed by atoms with Gasteiger partial charge in [0.1, 0.15) is 5.82 Å². The normalized spacial score (nSPS) is 21.3. The summed E-state index contributed by atoms with van der Waals surface area (Å²) in [5.74, 6) is 0.132. The summed E-state index contributed by atoms with van der Waals surface area (Å²) in [4.78, 5) is 21.8. The van der Waals surface area contributed by atoms with Gasteiger partial charge < -0.3 is 14.8 Å². The Morgan fingerprint density at radius 3 is 2.51 bits per heavy atom. The van der Waals surface area contributed by atoms with Gasteiger partial charge in [-0.1, -0.05) is 42.5 Å². The number of nitrogens with one attached hydrogen (secondary N) is 1. The SMILES string of the molecule is CN(C)c1c(F)cccc1C1CCC2(CC1)c1[nH]c3ccccc3c1CCN2C(=O)c1ccccc1Br. The van der Waals surface area contributed by atoms with Crippen molar-refractivity contribution >= 4 is 38.4 Å². The lowest BCUT2D eigenvalue weighted by molar-refractivity contribution is 0.0225. The third-order valence-electron chi connectivity index (χ3n) is 8.45. The van der Waals surface area contributed by atoms with Crippen molar-refractivity contribution in [2.75, 3.05) is 25.5 Å². The van der Waals surface area contributed by atoms with Crippen LogP contribution in [0, 0.1) is 5.82 Å². The second-order valence-corrected chi connectivity index (χ2v) is 11.4. The molecule has 1 amide bonds. The van der Waals surface area contributed by atoms with Crippen LogP contribution < -0.4 is 4.90 Å². The van der Waals surface area contributed by atoms with Crippen LogP contribution in [0.3, 0.4) is 0 Å². The first-order valence-electron chi connectivity index (χ1n) is 13.0. The van der Waals surface area contributed by atoms with Crippen LogP contribution in [-0.2, 0) is 12.0 Å². The second kappa shape index (κ2) is 9.32. The number of rotatable bonds is 3. The lowest BCUT2D eigenvalue weighted by Crippen LogP contribution is -2.55. The van der Waals surface area contributed by atoms with E-state index in [2.05, 4.69) is 56.1 Å². The smallest absolute Gasteiger partial charge is 0.255 e. The monoisotopic (exact) mass is 559 g/mol. The Morgan fingerprint density at radius 2 is 1.76 bits per heavy atom. The highest BCUT2D eigenvalue weighted by Gasteiger charge is 2.49. The molecule has 2 heterocycles. The molecule has 1 aliphatic heterocycles. The minimum Gasteiger partial charge on any atom is -0.375 e. The summed E-state index contributed by atoms with van der Waals surface area (Å²) in [7, 11) is 3.81. The van der Waals surface area contributed by atoms with Crippen LogP contribution in [0.1, 0.15) is 58.8 Å². The highest BCUT2D eigenvalue weighted by atomic mass is 79.9. The number of carbonyl (C=O) groups is 1. The fourth-order valence-corrected chi connectivity index (χ4v) is 7.22. The van der Waals surface area contributed by atoms with Gasteiger partial charge in [0.25, 0.3) is 5.91 Å². The van der Waals surface area contributed by atoms with E-state index in [0.29, 0.717) is 17.8 Å². The van der Waals surface area contributed by atoms with Crippen LogP contribution in [0.25, 0.3) is 10.9 Å². The summed E-state index contributed by atoms with van der Waals surface area (Å²) in [6, 6.07) is 21.6. The minimum atomic E-state index is -0.416. The quantitative estimate of drug-likeness (QED) is 0.284. The maximum Gasteiger partial charge on any atom is 0.255 e. The number of hydrogen-bond acceptors (Lipinski definition) is 2. The lowest BCUT2D eigenvalue weighted by Gasteiger charge is -2.51. The molecule has 0 atom stereocenters. The number of hydrogen-bond donors (Lipinski definition) is 1. The Labute approximate surface area is 225 Å². The van der Waals surface area contributed by atoms with Crippen LogP contribution >= 0.6 is 15.9 Å². The van der Waals surface area contributed by atoms with Crippen molar-refractivity contribution in [3.8, 4) is 0 Å². The Bertz CT molecular complexity index is 1490. The molecule has 2 aliphatic rings. The Hall–Kier alpha value is -3.12. The largest absolute Gasteiger partial charge is 0.375 e. The van der Waals surface area contributed by atoms with Crippen molar-refractivity contribution in [2.24, 2.45) is 0 Å². The fourth-order valence-electron chi connectivity index (χ4n) is 6.77. The van der Waals surface area contributed by atoms with E-state index in [1.54, 1.807) is 6.07 Å². The summed E-state index contributed by atoms with van der Waals surface area (Å²) in [5, 5.41) is 1.26. The first-order valence-corrected chi connectivity index (χ1v) is 13.8. The van der Waals surface area contributed by atoms with Crippen molar-refractivity contribution in [2.45, 2.75) is 43.6 Å². The molecule has 1 spiro atoms. The first kappa shape index (κ1) is 24.2. The third-order valence-corrected chi connectivity index (χ3v) is 9.14. The average Bonchev–Trinajstić information content (AvgIpc) is 3.29. The van der Waals surface area contributed by atoms with Gasteiger partial charge in [0, 0.05) is 41.7 Å². The minimum absolute atomic E-state index is 0.0648. The van der Waals surface area contributed by atoms with E-state index in [-0.39, 0.29) is 17.6 Å². The van der Waals surface area contributed by atoms with Crippen LogP contribution in [0.5, 0.6) is 0 Å². The molecule has 4 aromatic rings. The van der Waals surface area contributed by atoms with Crippen molar-refractivity contribution in [1.82, 2.24) is 9.88 Å². The van der Waals surface area contributed by atoms with Crippen molar-refractivity contribution < 1.29 is 9.18 Å². The van der Waals surface area contributed by atoms with Gasteiger partial charge in [-0.05, 0) is 89.3 Å². The van der Waals surface area contributed by atoms with Gasteiger partial charge in [-0.2, -0.15) is 0 Å². The number of carbonyl (C=O) groups excluding carboxylic acids is 1. The molecule has 0 unspecified atom stereocenters. The number of H-pyrrole nitrogens is 1. The van der Waals surface area contributed by atoms with Gasteiger partial charge in [0.15, 0.2) is 0 Å². The van der Waals surface area contributed by atoms with Gasteiger partial charge in [0.05, 0.1) is 16.8 Å². The van der Waals surface area contributed by atoms with Gasteiger partial charge in [0.2, 0.25) is 0 Å². The number of fused-ring (bicyclic) bond motifs is 4. The maximum atomic E-state index is 14.8. The first-order chi connectivity index (χ1) is 17.9. The Morgan fingerprint density at radius 1 is 1.03 bits per heavy atom. The molecule has 6 heteroatoms. The molecule has 190 valence electrons. The number of anilines is 1. The topological polar surface area (TPSA) is 39.3 Å². The van der Waals surface area contributed by atoms with Gasteiger partial charge in [-0.3, -0.25) is 4.79 Å². The second-order valence-electron chi connectivity index (χ2n) is 10.6. The zero-order chi connectivity index (χ0) is 25.7. The summed E-state index contributed by atoms with van der Waals surface area (Å²) >= 11 is 3.61. The molecule has 3 aromatic carbocycles. The molecular formula is C31H31BrFN3O. The third kappa shape index (κ3) is 3.88. The number of aromatic nitrogens is 1. The average molecular weight is 561 g/mol. The molecule has 1 saturated carbocycles. The van der Waals surface area contributed by atoms with Gasteiger partial charge >= 0.3 is 0 Å².